The number of hydrogen-bond acceptors (Lipinski definition) is 6. The van der Waals surface area contributed by atoms with Gasteiger partial charge < -0.3 is 37.1 Å². The Balaban J connectivity index is 0.000000149. The third-order valence-corrected chi connectivity index (χ3v) is 17.9. The van der Waals surface area contributed by atoms with Gasteiger partial charge in [0, 0.05) is 37.9 Å². The van der Waals surface area contributed by atoms with Crippen molar-refractivity contribution in [2.45, 2.75) is 195 Å². The Morgan fingerprint density at radius 3 is 1.14 bits per heavy atom. The predicted molar refractivity (Wildman–Crippen MR) is 330 cm³/mol. The molecule has 3 fully saturated rings. The van der Waals surface area contributed by atoms with Crippen molar-refractivity contribution in [1.82, 2.24) is 9.13 Å². The van der Waals surface area contributed by atoms with Crippen molar-refractivity contribution < 1.29 is 27.9 Å². The van der Waals surface area contributed by atoms with Crippen LogP contribution in [0.4, 0.5) is 0 Å². The molecule has 8 aromatic rings. The summed E-state index contributed by atoms with van der Waals surface area (Å²) < 4.78 is 41.3. The molecule has 0 saturated carbocycles. The average Bonchev–Trinajstić information content (AvgIpc) is 4.18. The highest BCUT2D eigenvalue weighted by molar-refractivity contribution is 7.11. The van der Waals surface area contributed by atoms with E-state index in [9.17, 15) is 0 Å². The van der Waals surface area contributed by atoms with E-state index in [0.29, 0.717) is 0 Å². The number of hydrogen-bond donors (Lipinski definition) is 0. The molecule has 8 nitrogen and oxygen atoms in total. The number of para-hydroxylation sites is 2. The molecule has 0 aliphatic carbocycles. The zero-order chi connectivity index (χ0) is 55.8. The van der Waals surface area contributed by atoms with Crippen LogP contribution in [0.2, 0.25) is 5.02 Å². The van der Waals surface area contributed by atoms with Gasteiger partial charge in [-0.15, -0.1) is 0 Å². The van der Waals surface area contributed by atoms with Gasteiger partial charge in [0.15, 0.2) is 0 Å². The van der Waals surface area contributed by atoms with E-state index in [1.165, 1.54) is 118 Å². The summed E-state index contributed by atoms with van der Waals surface area (Å²) in [6.45, 7) is 29.1. The van der Waals surface area contributed by atoms with Gasteiger partial charge in [-0.3, -0.25) is 0 Å². The van der Waals surface area contributed by atoms with Gasteiger partial charge in [-0.05, 0) is 180 Å². The van der Waals surface area contributed by atoms with E-state index >= 15 is 0 Å². The maximum Gasteiger partial charge on any atom is 0.494 e. The number of benzene rings is 6. The quantitative estimate of drug-likeness (QED) is 0.0799. The molecule has 0 unspecified atom stereocenters. The summed E-state index contributed by atoms with van der Waals surface area (Å²) in [6.07, 6.45) is 12.7. The number of halogens is 1. The molecule has 12 heteroatoms. The SMILES string of the molecule is CC1(C)OB(B2OC(C)(C)C(C)(C)O2)OC1(C)C.CCCCCCc1ccc(-n2c3ccccc3c3ccc(B4OC(C)(C)C(C)(C)O4)cc32)cc1.CCCCCCc1ccc(-n2c3ccccc3c3ccc(Cl)cc32)cc1. The minimum Gasteiger partial charge on any atom is -0.405 e. The van der Waals surface area contributed by atoms with Gasteiger partial charge in [-0.2, -0.15) is 0 Å². The number of fused-ring (bicyclic) bond motifs is 6. The highest BCUT2D eigenvalue weighted by Gasteiger charge is 2.63. The van der Waals surface area contributed by atoms with Gasteiger partial charge in [0.25, 0.3) is 0 Å². The zero-order valence-electron chi connectivity index (χ0n) is 49.2. The van der Waals surface area contributed by atoms with Gasteiger partial charge >= 0.3 is 21.1 Å². The summed E-state index contributed by atoms with van der Waals surface area (Å²) in [5.41, 5.74) is 8.91. The van der Waals surface area contributed by atoms with Crippen LogP contribution in [0.3, 0.4) is 0 Å². The summed E-state index contributed by atoms with van der Waals surface area (Å²) in [7, 11) is -1.32. The lowest BCUT2D eigenvalue weighted by Gasteiger charge is -2.32. The molecule has 410 valence electrons. The second kappa shape index (κ2) is 23.0. The fourth-order valence-corrected chi connectivity index (χ4v) is 10.9. The van der Waals surface area contributed by atoms with E-state index in [-0.39, 0.29) is 40.7 Å². The Bertz CT molecular complexity index is 3260. The van der Waals surface area contributed by atoms with Crippen LogP contribution in [-0.4, -0.2) is 63.9 Å². The number of rotatable bonds is 14. The van der Waals surface area contributed by atoms with Crippen LogP contribution in [-0.2, 0) is 40.8 Å². The number of unbranched alkanes of at least 4 members (excludes halogenated alkanes) is 6. The van der Waals surface area contributed by atoms with Crippen molar-refractivity contribution in [3.8, 4) is 11.4 Å². The molecule has 6 aromatic carbocycles. The fourth-order valence-electron chi connectivity index (χ4n) is 10.7. The minimum atomic E-state index is -0.476. The lowest BCUT2D eigenvalue weighted by Crippen LogP contribution is -2.41. The molecule has 78 heavy (non-hydrogen) atoms. The lowest BCUT2D eigenvalue weighted by molar-refractivity contribution is 0.00578. The second-order valence-corrected chi connectivity index (χ2v) is 25.4. The fraction of sp³-hybridized carbons (Fsp3) is 0.455. The first-order chi connectivity index (χ1) is 37.0. The second-order valence-electron chi connectivity index (χ2n) is 24.9. The monoisotopic (exact) mass is 1070 g/mol. The lowest BCUT2D eigenvalue weighted by atomic mass is 9.49. The molecule has 2 aromatic heterocycles. The normalized spacial score (nSPS) is 18.7. The maximum atomic E-state index is 6.36. The third-order valence-electron chi connectivity index (χ3n) is 17.7. The smallest absolute Gasteiger partial charge is 0.405 e. The maximum absolute atomic E-state index is 6.36. The highest BCUT2D eigenvalue weighted by atomic mass is 35.5. The van der Waals surface area contributed by atoms with Crippen molar-refractivity contribution in [3.05, 3.63) is 150 Å². The van der Waals surface area contributed by atoms with Crippen LogP contribution < -0.4 is 5.46 Å². The van der Waals surface area contributed by atoms with Gasteiger partial charge in [-0.1, -0.05) is 143 Å². The predicted octanol–water partition coefficient (Wildman–Crippen LogP) is 17.0. The molecular weight excluding hydrogens is 985 g/mol. The molecule has 5 heterocycles. The van der Waals surface area contributed by atoms with E-state index in [0.717, 1.165) is 22.4 Å². The molecule has 3 saturated heterocycles. The van der Waals surface area contributed by atoms with Crippen LogP contribution >= 0.6 is 11.6 Å². The highest BCUT2D eigenvalue weighted by Crippen LogP contribution is 2.44. The van der Waals surface area contributed by atoms with E-state index in [4.69, 9.17) is 39.5 Å². The van der Waals surface area contributed by atoms with E-state index in [1.807, 2.05) is 61.5 Å². The third kappa shape index (κ3) is 11.8. The largest absolute Gasteiger partial charge is 0.494 e. The Morgan fingerprint density at radius 1 is 0.372 bits per heavy atom. The Hall–Kier alpha value is -4.84. The van der Waals surface area contributed by atoms with Crippen molar-refractivity contribution in [1.29, 1.82) is 0 Å². The number of aromatic nitrogens is 2. The van der Waals surface area contributed by atoms with E-state index in [2.05, 4.69) is 178 Å². The summed E-state index contributed by atoms with van der Waals surface area (Å²) >= 11 is 6.30. The Morgan fingerprint density at radius 2 is 0.731 bits per heavy atom. The molecule has 0 bridgehead atoms. The minimum absolute atomic E-state index is 0.355. The summed E-state index contributed by atoms with van der Waals surface area (Å²) in [5.74, 6) is 0. The molecule has 0 spiro atoms. The van der Waals surface area contributed by atoms with Crippen LogP contribution in [0.25, 0.3) is 55.0 Å². The average molecular weight is 1070 g/mol. The van der Waals surface area contributed by atoms with Crippen molar-refractivity contribution in [2.24, 2.45) is 0 Å². The van der Waals surface area contributed by atoms with Crippen molar-refractivity contribution in [2.75, 3.05) is 0 Å². The van der Waals surface area contributed by atoms with Crippen LogP contribution in [0, 0.1) is 0 Å². The number of aryl methyl sites for hydroxylation is 2. The molecule has 11 rings (SSSR count). The standard InChI is InChI=1S/C30H36BNO2.C24H24ClN.C12H24B2O4/c1-6-7-8-9-12-22-15-18-24(19-16-22)32-27-14-11-10-13-25(27)26-20-17-23(21-28(26)32)31-33-29(2,3)30(4,5)34-31;1-2-3-4-5-8-18-11-14-20(15-12-18)26-23-10-7-6-9-21(23)22-16-13-19(25)17-24(22)26;1-9(2)10(3,4)16-13(15-9)14-17-11(5,6)12(7,8)18-14/h10-11,13-21H,6-9,12H2,1-5H3;6-7,9-17H,2-5,8H2,1H3;1-8H3. The Kier molecular flexibility index (Phi) is 17.0. The molecule has 0 radical (unpaired) electrons. The van der Waals surface area contributed by atoms with Crippen LogP contribution in [0.15, 0.2) is 133 Å². The van der Waals surface area contributed by atoms with E-state index in [1.54, 1.807) is 0 Å². The van der Waals surface area contributed by atoms with Gasteiger partial charge in [0.05, 0.1) is 55.7 Å². The van der Waals surface area contributed by atoms with Gasteiger partial charge in [0.2, 0.25) is 0 Å². The van der Waals surface area contributed by atoms with Crippen molar-refractivity contribution >= 4 is 81.8 Å². The summed E-state index contributed by atoms with van der Waals surface area (Å²) in [4.78, 5) is 0. The first-order valence-corrected chi connectivity index (χ1v) is 29.3. The van der Waals surface area contributed by atoms with Crippen molar-refractivity contribution in [3.63, 3.8) is 0 Å². The zero-order valence-corrected chi connectivity index (χ0v) is 50.0. The molecule has 3 aliphatic rings. The first kappa shape index (κ1) is 57.8. The topological polar surface area (TPSA) is 65.2 Å². The van der Waals surface area contributed by atoms with Gasteiger partial charge in [0.1, 0.15) is 0 Å². The molecular formula is C66H84B3ClN2O6. The van der Waals surface area contributed by atoms with E-state index < -0.39 is 14.0 Å². The summed E-state index contributed by atoms with van der Waals surface area (Å²) in [6, 6.07) is 48.1. The van der Waals surface area contributed by atoms with Crippen LogP contribution in [0.1, 0.15) is 159 Å². The molecule has 0 N–H and O–H groups in total. The number of nitrogens with zero attached hydrogens (tertiary/aromatic N) is 2. The molecule has 3 aliphatic heterocycles. The molecule has 0 amide bonds. The molecule has 0 atom stereocenters. The Labute approximate surface area is 472 Å². The first-order valence-electron chi connectivity index (χ1n) is 28.9. The van der Waals surface area contributed by atoms with Gasteiger partial charge in [-0.25, -0.2) is 0 Å². The van der Waals surface area contributed by atoms with Crippen LogP contribution in [0.5, 0.6) is 0 Å². The summed E-state index contributed by atoms with van der Waals surface area (Å²) in [5, 5.41) is 5.80.